The summed E-state index contributed by atoms with van der Waals surface area (Å²) in [6, 6.07) is 0. The zero-order chi connectivity index (χ0) is 7.02. The van der Waals surface area contributed by atoms with Gasteiger partial charge in [0, 0.05) is 11.1 Å². The van der Waals surface area contributed by atoms with E-state index >= 15 is 0 Å². The molecule has 0 saturated carbocycles. The Morgan fingerprint density at radius 1 is 1.00 bits per heavy atom. The van der Waals surface area contributed by atoms with Crippen molar-refractivity contribution in [2.24, 2.45) is 0 Å². The molecule has 0 spiro atoms. The molecule has 10 heavy (non-hydrogen) atoms. The molecule has 1 aliphatic heterocycles. The predicted molar refractivity (Wildman–Crippen MR) is 31.5 cm³/mol. The van der Waals surface area contributed by atoms with E-state index in [9.17, 15) is 9.59 Å². The Hall–Kier alpha value is 0.516. The van der Waals surface area contributed by atoms with Gasteiger partial charge in [0.05, 0.1) is 0 Å². The van der Waals surface area contributed by atoms with Crippen LogP contribution in [0.15, 0.2) is 11.1 Å². The third-order valence-electron chi connectivity index (χ3n) is 1.47. The zero-order valence-corrected chi connectivity index (χ0v) is 9.44. The van der Waals surface area contributed by atoms with Crippen molar-refractivity contribution in [3.8, 4) is 0 Å². The fourth-order valence-electron chi connectivity index (χ4n) is 0.631. The minimum Gasteiger partial charge on any atom is -0.289 e. The van der Waals surface area contributed by atoms with Crippen molar-refractivity contribution in [1.29, 1.82) is 0 Å². The van der Waals surface area contributed by atoms with Gasteiger partial charge >= 0.3 is 51.4 Å². The second kappa shape index (κ2) is 3.78. The molecule has 0 bridgehead atoms. The number of hydrogen-bond donors (Lipinski definition) is 1. The number of nitrogens with one attached hydrogen (secondary N) is 1. The van der Waals surface area contributed by atoms with Gasteiger partial charge in [-0.3, -0.25) is 14.9 Å². The number of amides is 2. The quantitative estimate of drug-likeness (QED) is 0.306. The molecule has 0 aromatic heterocycles. The van der Waals surface area contributed by atoms with Crippen molar-refractivity contribution in [2.75, 3.05) is 0 Å². The number of carbonyl (C=O) groups excluding carboxylic acids is 2. The van der Waals surface area contributed by atoms with E-state index in [1.807, 2.05) is 0 Å². The molecule has 4 heteroatoms. The van der Waals surface area contributed by atoms with Crippen LogP contribution >= 0.6 is 0 Å². The van der Waals surface area contributed by atoms with E-state index in [0.717, 1.165) is 0 Å². The van der Waals surface area contributed by atoms with Crippen LogP contribution in [0.3, 0.4) is 0 Å². The summed E-state index contributed by atoms with van der Waals surface area (Å²) in [5.74, 6) is -0.532. The SMILES string of the molecule is CC1=C(C)C(=O)NC1=O.[K+]. The Bertz CT molecular complexity index is 198. The summed E-state index contributed by atoms with van der Waals surface area (Å²) < 4.78 is 0. The van der Waals surface area contributed by atoms with Gasteiger partial charge in [-0.2, -0.15) is 0 Å². The van der Waals surface area contributed by atoms with Crippen LogP contribution < -0.4 is 56.7 Å². The third-order valence-corrected chi connectivity index (χ3v) is 1.47. The van der Waals surface area contributed by atoms with Gasteiger partial charge in [-0.05, 0) is 13.8 Å². The standard InChI is InChI=1S/C6H7NO2.K/c1-3-4(2)6(9)7-5(3)8;/h1-2H3,(H,7,8,9);/q;+1. The molecule has 1 heterocycles. The maximum absolute atomic E-state index is 10.6. The molecule has 3 nitrogen and oxygen atoms in total. The van der Waals surface area contributed by atoms with E-state index in [0.29, 0.717) is 11.1 Å². The Balaban J connectivity index is 0.000000810. The molecule has 0 aliphatic carbocycles. The molecule has 1 rings (SSSR count). The summed E-state index contributed by atoms with van der Waals surface area (Å²) in [6.07, 6.45) is 0. The number of hydrogen-bond acceptors (Lipinski definition) is 2. The summed E-state index contributed by atoms with van der Waals surface area (Å²) in [7, 11) is 0. The molecule has 2 amide bonds. The van der Waals surface area contributed by atoms with Crippen molar-refractivity contribution in [3.63, 3.8) is 0 Å². The van der Waals surface area contributed by atoms with Crippen LogP contribution in [0, 0.1) is 0 Å². The van der Waals surface area contributed by atoms with Gasteiger partial charge in [0.2, 0.25) is 0 Å². The number of rotatable bonds is 0. The monoisotopic (exact) mass is 164 g/mol. The van der Waals surface area contributed by atoms with E-state index in [4.69, 9.17) is 0 Å². The van der Waals surface area contributed by atoms with Gasteiger partial charge in [-0.25, -0.2) is 0 Å². The predicted octanol–water partition coefficient (Wildman–Crippen LogP) is -3.02. The Kier molecular flexibility index (Phi) is 3.97. The van der Waals surface area contributed by atoms with Gasteiger partial charge in [-0.1, -0.05) is 0 Å². The Morgan fingerprint density at radius 2 is 1.30 bits per heavy atom. The normalized spacial score (nSPS) is 17.0. The first-order valence-corrected chi connectivity index (χ1v) is 2.66. The molecule has 0 radical (unpaired) electrons. The van der Waals surface area contributed by atoms with Crippen LogP contribution in [0.1, 0.15) is 13.8 Å². The van der Waals surface area contributed by atoms with Crippen LogP contribution in [0.4, 0.5) is 0 Å². The second-order valence-corrected chi connectivity index (χ2v) is 2.03. The smallest absolute Gasteiger partial charge is 0.289 e. The van der Waals surface area contributed by atoms with Gasteiger partial charge in [0.1, 0.15) is 0 Å². The van der Waals surface area contributed by atoms with E-state index in [1.165, 1.54) is 0 Å². The van der Waals surface area contributed by atoms with Crippen LogP contribution in [0.5, 0.6) is 0 Å². The van der Waals surface area contributed by atoms with Gasteiger partial charge in [-0.15, -0.1) is 0 Å². The average molecular weight is 164 g/mol. The van der Waals surface area contributed by atoms with Crippen LogP contribution in [0.2, 0.25) is 0 Å². The Morgan fingerprint density at radius 3 is 1.40 bits per heavy atom. The first kappa shape index (κ1) is 10.5. The van der Waals surface area contributed by atoms with E-state index in [1.54, 1.807) is 13.8 Å². The largest absolute Gasteiger partial charge is 1.00 e. The molecule has 48 valence electrons. The maximum atomic E-state index is 10.6. The van der Waals surface area contributed by atoms with E-state index in [-0.39, 0.29) is 63.2 Å². The molecule has 0 aromatic carbocycles. The van der Waals surface area contributed by atoms with Crippen LogP contribution in [0.25, 0.3) is 0 Å². The van der Waals surface area contributed by atoms with Crippen molar-refractivity contribution < 1.29 is 61.0 Å². The maximum Gasteiger partial charge on any atom is 1.00 e. The fraction of sp³-hybridized carbons (Fsp3) is 0.333. The van der Waals surface area contributed by atoms with Gasteiger partial charge in [0.15, 0.2) is 0 Å². The summed E-state index contributed by atoms with van der Waals surface area (Å²) in [6.45, 7) is 3.27. The van der Waals surface area contributed by atoms with Crippen molar-refractivity contribution >= 4 is 11.8 Å². The van der Waals surface area contributed by atoms with Gasteiger partial charge in [0.25, 0.3) is 11.8 Å². The average Bonchev–Trinajstić information content (AvgIpc) is 1.98. The topological polar surface area (TPSA) is 46.2 Å². The Labute approximate surface area is 102 Å². The zero-order valence-electron chi connectivity index (χ0n) is 6.32. The van der Waals surface area contributed by atoms with Crippen LogP contribution in [-0.2, 0) is 9.59 Å². The molecule has 0 atom stereocenters. The van der Waals surface area contributed by atoms with E-state index < -0.39 is 0 Å². The molecular weight excluding hydrogens is 157 g/mol. The molecule has 0 unspecified atom stereocenters. The second-order valence-electron chi connectivity index (χ2n) is 2.03. The van der Waals surface area contributed by atoms with Gasteiger partial charge < -0.3 is 0 Å². The molecule has 0 aromatic rings. The molecule has 1 aliphatic rings. The third kappa shape index (κ3) is 1.76. The first-order chi connectivity index (χ1) is 4.13. The fourth-order valence-corrected chi connectivity index (χ4v) is 0.631. The van der Waals surface area contributed by atoms with E-state index in [2.05, 4.69) is 5.32 Å². The molecule has 0 saturated heterocycles. The minimum atomic E-state index is -0.266. The summed E-state index contributed by atoms with van der Waals surface area (Å²) in [5.41, 5.74) is 1.06. The number of carbonyl (C=O) groups is 2. The summed E-state index contributed by atoms with van der Waals surface area (Å²) >= 11 is 0. The molecule has 0 fully saturated rings. The summed E-state index contributed by atoms with van der Waals surface area (Å²) in [4.78, 5) is 21.2. The molecule has 1 N–H and O–H groups in total. The molecular formula is C6H7KNO2+. The van der Waals surface area contributed by atoms with Crippen molar-refractivity contribution in [1.82, 2.24) is 5.32 Å². The summed E-state index contributed by atoms with van der Waals surface area (Å²) in [5, 5.41) is 2.16. The van der Waals surface area contributed by atoms with Crippen LogP contribution in [-0.4, -0.2) is 11.8 Å². The van der Waals surface area contributed by atoms with Crippen molar-refractivity contribution in [3.05, 3.63) is 11.1 Å². The minimum absolute atomic E-state index is 0. The van der Waals surface area contributed by atoms with Crippen molar-refractivity contribution in [2.45, 2.75) is 13.8 Å². The first-order valence-electron chi connectivity index (χ1n) is 2.66. The number of imide groups is 1.